The number of hydrogen-bond donors (Lipinski definition) is 2. The van der Waals surface area contributed by atoms with Crippen LogP contribution in [-0.2, 0) is 0 Å². The highest BCUT2D eigenvalue weighted by molar-refractivity contribution is 5.71. The Morgan fingerprint density at radius 3 is 2.46 bits per heavy atom. The van der Waals surface area contributed by atoms with Crippen molar-refractivity contribution in [2.75, 3.05) is 5.32 Å². The fourth-order valence-electron chi connectivity index (χ4n) is 3.28. The molecule has 0 saturated heterocycles. The molecule has 1 aliphatic rings. The predicted molar refractivity (Wildman–Crippen MR) is 94.9 cm³/mol. The first-order valence-corrected chi connectivity index (χ1v) is 8.11. The van der Waals surface area contributed by atoms with Crippen molar-refractivity contribution in [1.29, 1.82) is 0 Å². The van der Waals surface area contributed by atoms with Crippen LogP contribution in [0, 0.1) is 0 Å². The Kier molecular flexibility index (Phi) is 3.14. The van der Waals surface area contributed by atoms with Gasteiger partial charge >= 0.3 is 0 Å². The predicted octanol–water partition coefficient (Wildman–Crippen LogP) is 1.93. The lowest BCUT2D eigenvalue weighted by Gasteiger charge is -2.27. The molecule has 8 heteroatoms. The molecular formula is C18H13N7O. The second-order valence-corrected chi connectivity index (χ2v) is 5.93. The van der Waals surface area contributed by atoms with E-state index >= 15 is 0 Å². The van der Waals surface area contributed by atoms with Gasteiger partial charge < -0.3 is 5.32 Å². The molecule has 0 fully saturated rings. The van der Waals surface area contributed by atoms with E-state index in [4.69, 9.17) is 0 Å². The van der Waals surface area contributed by atoms with Gasteiger partial charge in [0.1, 0.15) is 5.69 Å². The van der Waals surface area contributed by atoms with Gasteiger partial charge in [-0.3, -0.25) is 4.79 Å². The third-order valence-corrected chi connectivity index (χ3v) is 4.42. The topological polar surface area (TPSA) is 101 Å². The van der Waals surface area contributed by atoms with Crippen LogP contribution in [0.5, 0.6) is 0 Å². The van der Waals surface area contributed by atoms with Crippen molar-refractivity contribution in [3.63, 3.8) is 0 Å². The van der Waals surface area contributed by atoms with E-state index in [1.807, 2.05) is 60.7 Å². The summed E-state index contributed by atoms with van der Waals surface area (Å²) in [5, 5.41) is 21.9. The van der Waals surface area contributed by atoms with Crippen LogP contribution in [0.1, 0.15) is 17.2 Å². The minimum absolute atomic E-state index is 0.297. The van der Waals surface area contributed by atoms with Gasteiger partial charge in [-0.05, 0) is 16.0 Å². The minimum atomic E-state index is -0.337. The van der Waals surface area contributed by atoms with Crippen molar-refractivity contribution in [3.8, 4) is 16.9 Å². The van der Waals surface area contributed by atoms with Gasteiger partial charge in [-0.15, -0.1) is 0 Å². The maximum Gasteiger partial charge on any atom is 0.290 e. The lowest BCUT2D eigenvalue weighted by atomic mass is 9.92. The van der Waals surface area contributed by atoms with Crippen LogP contribution in [0.25, 0.3) is 16.9 Å². The van der Waals surface area contributed by atoms with Gasteiger partial charge in [0.15, 0.2) is 0 Å². The van der Waals surface area contributed by atoms with Gasteiger partial charge in [0.2, 0.25) is 5.95 Å². The molecule has 0 aliphatic carbocycles. The summed E-state index contributed by atoms with van der Waals surface area (Å²) in [7, 11) is 0. The maximum absolute atomic E-state index is 12.6. The summed E-state index contributed by atoms with van der Waals surface area (Å²) in [6, 6.07) is 19.3. The molecule has 2 N–H and O–H groups in total. The van der Waals surface area contributed by atoms with Gasteiger partial charge in [-0.2, -0.15) is 9.78 Å². The van der Waals surface area contributed by atoms with Crippen LogP contribution in [-0.4, -0.2) is 30.4 Å². The van der Waals surface area contributed by atoms with Crippen molar-refractivity contribution in [3.05, 3.63) is 82.1 Å². The third-order valence-electron chi connectivity index (χ3n) is 4.42. The molecule has 0 spiro atoms. The molecule has 3 heterocycles. The smallest absolute Gasteiger partial charge is 0.290 e. The lowest BCUT2D eigenvalue weighted by Crippen LogP contribution is -2.31. The Labute approximate surface area is 147 Å². The minimum Gasteiger partial charge on any atom is -0.342 e. The molecule has 5 rings (SSSR count). The molecule has 0 bridgehead atoms. The van der Waals surface area contributed by atoms with Crippen molar-refractivity contribution < 1.29 is 0 Å². The second-order valence-electron chi connectivity index (χ2n) is 5.93. The van der Waals surface area contributed by atoms with Crippen molar-refractivity contribution in [2.45, 2.75) is 6.04 Å². The number of aromatic nitrogens is 6. The Morgan fingerprint density at radius 2 is 1.69 bits per heavy atom. The Bertz CT molecular complexity index is 1140. The average molecular weight is 343 g/mol. The highest BCUT2D eigenvalue weighted by atomic mass is 16.1. The Hall–Kier alpha value is -3.81. The quantitative estimate of drug-likeness (QED) is 0.577. The molecule has 1 aliphatic heterocycles. The van der Waals surface area contributed by atoms with Gasteiger partial charge in [0.05, 0.1) is 11.7 Å². The van der Waals surface area contributed by atoms with Crippen LogP contribution in [0.2, 0.25) is 0 Å². The number of nitrogens with zero attached hydrogens (tertiary/aromatic N) is 5. The molecular weight excluding hydrogens is 330 g/mol. The van der Waals surface area contributed by atoms with Crippen LogP contribution < -0.4 is 10.9 Å². The first-order valence-electron chi connectivity index (χ1n) is 8.11. The van der Waals surface area contributed by atoms with Crippen LogP contribution in [0.3, 0.4) is 0 Å². The SMILES string of the molecule is O=c1[nH]nc(-c2ccccc2)c2c1-n1nnnc1N[C@@H]2c1ccccc1. The number of rotatable bonds is 2. The molecule has 26 heavy (non-hydrogen) atoms. The number of aromatic amines is 1. The van der Waals surface area contributed by atoms with Crippen LogP contribution >= 0.6 is 0 Å². The first kappa shape index (κ1) is 14.5. The summed E-state index contributed by atoms with van der Waals surface area (Å²) in [5.74, 6) is 0.419. The maximum atomic E-state index is 12.6. The summed E-state index contributed by atoms with van der Waals surface area (Å²) in [6.07, 6.45) is 0. The fourth-order valence-corrected chi connectivity index (χ4v) is 3.28. The number of fused-ring (bicyclic) bond motifs is 3. The Balaban J connectivity index is 1.85. The lowest BCUT2D eigenvalue weighted by molar-refractivity contribution is 0.728. The largest absolute Gasteiger partial charge is 0.342 e. The monoisotopic (exact) mass is 343 g/mol. The zero-order chi connectivity index (χ0) is 17.5. The third kappa shape index (κ3) is 2.12. The number of benzene rings is 2. The molecule has 0 saturated carbocycles. The zero-order valence-electron chi connectivity index (χ0n) is 13.5. The molecule has 8 nitrogen and oxygen atoms in total. The van der Waals surface area contributed by atoms with E-state index in [9.17, 15) is 4.79 Å². The van der Waals surface area contributed by atoms with E-state index in [2.05, 4.69) is 31.0 Å². The zero-order valence-corrected chi connectivity index (χ0v) is 13.5. The van der Waals surface area contributed by atoms with E-state index < -0.39 is 0 Å². The molecule has 2 aromatic heterocycles. The Morgan fingerprint density at radius 1 is 0.962 bits per heavy atom. The molecule has 2 aromatic carbocycles. The fraction of sp³-hybridized carbons (Fsp3) is 0.0556. The highest BCUT2D eigenvalue weighted by Gasteiger charge is 2.33. The van der Waals surface area contributed by atoms with E-state index in [-0.39, 0.29) is 11.6 Å². The molecule has 126 valence electrons. The second kappa shape index (κ2) is 5.62. The number of hydrogen-bond acceptors (Lipinski definition) is 6. The van der Waals surface area contributed by atoms with E-state index in [1.165, 1.54) is 4.68 Å². The molecule has 0 unspecified atom stereocenters. The summed E-state index contributed by atoms with van der Waals surface area (Å²) in [5.41, 5.74) is 3.36. The van der Waals surface area contributed by atoms with E-state index in [1.54, 1.807) is 0 Å². The van der Waals surface area contributed by atoms with Crippen molar-refractivity contribution >= 4 is 5.95 Å². The number of nitrogens with one attached hydrogen (secondary N) is 2. The summed E-state index contributed by atoms with van der Waals surface area (Å²) < 4.78 is 1.42. The van der Waals surface area contributed by atoms with Crippen molar-refractivity contribution in [2.24, 2.45) is 0 Å². The molecule has 0 radical (unpaired) electrons. The first-order chi connectivity index (χ1) is 12.8. The van der Waals surface area contributed by atoms with E-state index in [0.29, 0.717) is 17.3 Å². The molecule has 1 atom stereocenters. The van der Waals surface area contributed by atoms with Crippen molar-refractivity contribution in [1.82, 2.24) is 30.4 Å². The number of anilines is 1. The summed E-state index contributed by atoms with van der Waals surface area (Å²) in [4.78, 5) is 12.6. The van der Waals surface area contributed by atoms with E-state index in [0.717, 1.165) is 16.7 Å². The average Bonchev–Trinajstić information content (AvgIpc) is 3.17. The number of H-pyrrole nitrogens is 1. The summed E-state index contributed by atoms with van der Waals surface area (Å²) in [6.45, 7) is 0. The van der Waals surface area contributed by atoms with Gasteiger partial charge in [0, 0.05) is 11.1 Å². The van der Waals surface area contributed by atoms with Crippen LogP contribution in [0.4, 0.5) is 5.95 Å². The van der Waals surface area contributed by atoms with Gasteiger partial charge in [0.25, 0.3) is 5.56 Å². The van der Waals surface area contributed by atoms with Gasteiger partial charge in [-0.1, -0.05) is 65.8 Å². The summed E-state index contributed by atoms with van der Waals surface area (Å²) >= 11 is 0. The normalized spacial score (nSPS) is 15.0. The van der Waals surface area contributed by atoms with Gasteiger partial charge in [-0.25, -0.2) is 5.10 Å². The standard InChI is InChI=1S/C18H13N7O/c26-17-16-13(15(20-21-17)12-9-5-2-6-10-12)14(11-7-3-1-4-8-11)19-18-22-23-24-25(16)18/h1-10,14H,(H,21,26)(H,19,22,24)/t14-/m1/s1. The van der Waals surface area contributed by atoms with Crippen LogP contribution in [0.15, 0.2) is 65.5 Å². The number of tetrazole rings is 1. The highest BCUT2D eigenvalue weighted by Crippen LogP contribution is 2.38. The molecule has 4 aromatic rings. The molecule has 0 amide bonds.